The number of primary amides is 1. The fourth-order valence-electron chi connectivity index (χ4n) is 2.44. The van der Waals surface area contributed by atoms with Crippen LogP contribution in [0.15, 0.2) is 42.5 Å². The molecule has 4 nitrogen and oxygen atoms in total. The van der Waals surface area contributed by atoms with Crippen LogP contribution in [0.5, 0.6) is 0 Å². The van der Waals surface area contributed by atoms with Crippen molar-refractivity contribution in [3.05, 3.63) is 70.8 Å². The smallest absolute Gasteiger partial charge is 0.368 e. The molecule has 9 heteroatoms. The molecule has 2 amide bonds. The van der Waals surface area contributed by atoms with Crippen molar-refractivity contribution in [2.45, 2.75) is 25.1 Å². The Kier molecular flexibility index (Phi) is 6.14. The molecule has 0 unspecified atom stereocenters. The molecule has 0 aliphatic heterocycles. The molecule has 0 aliphatic rings. The Balaban J connectivity index is 2.12. The van der Waals surface area contributed by atoms with E-state index in [1.807, 2.05) is 0 Å². The monoisotopic (exact) mass is 386 g/mol. The van der Waals surface area contributed by atoms with E-state index in [9.17, 15) is 31.5 Å². The lowest BCUT2D eigenvalue weighted by molar-refractivity contribution is -0.137. The van der Waals surface area contributed by atoms with Crippen molar-refractivity contribution in [3.8, 4) is 0 Å². The summed E-state index contributed by atoms with van der Waals surface area (Å²) in [4.78, 5) is 23.6. The summed E-state index contributed by atoms with van der Waals surface area (Å²) >= 11 is 0. The Hall–Kier alpha value is -2.97. The van der Waals surface area contributed by atoms with E-state index >= 15 is 0 Å². The van der Waals surface area contributed by atoms with Gasteiger partial charge in [0, 0.05) is 12.0 Å². The van der Waals surface area contributed by atoms with Gasteiger partial charge in [0.15, 0.2) is 0 Å². The van der Waals surface area contributed by atoms with Crippen LogP contribution in [0.1, 0.15) is 16.7 Å². The lowest BCUT2D eigenvalue weighted by Crippen LogP contribution is -2.46. The van der Waals surface area contributed by atoms with E-state index in [1.165, 1.54) is 6.07 Å². The van der Waals surface area contributed by atoms with Crippen molar-refractivity contribution in [1.29, 1.82) is 0 Å². The number of rotatable bonds is 6. The zero-order valence-electron chi connectivity index (χ0n) is 13.8. The molecule has 27 heavy (non-hydrogen) atoms. The molecule has 3 N–H and O–H groups in total. The molecular formula is C18H15F5N2O2. The van der Waals surface area contributed by atoms with Gasteiger partial charge in [-0.2, -0.15) is 13.2 Å². The maximum atomic E-state index is 13.6. The maximum Gasteiger partial charge on any atom is 0.416 e. The van der Waals surface area contributed by atoms with E-state index in [1.54, 1.807) is 0 Å². The standard InChI is InChI=1S/C18H15F5N2O2/c19-13-5-2-6-14(20)12(13)9-16(26)25-15(17(24)27)8-10-3-1-4-11(7-10)18(21,22)23/h1-7,15H,8-9H2,(H2,24,27)(H,25,26)/t15-/m0/s1. The Bertz CT molecular complexity index is 832. The minimum atomic E-state index is -4.57. The predicted molar refractivity (Wildman–Crippen MR) is 86.3 cm³/mol. The molecule has 0 aliphatic carbocycles. The first-order chi connectivity index (χ1) is 12.6. The molecule has 0 saturated carbocycles. The Morgan fingerprint density at radius 3 is 2.19 bits per heavy atom. The van der Waals surface area contributed by atoms with Gasteiger partial charge in [-0.05, 0) is 23.8 Å². The van der Waals surface area contributed by atoms with Crippen molar-refractivity contribution in [2.24, 2.45) is 5.73 Å². The second kappa shape index (κ2) is 8.15. The first-order valence-electron chi connectivity index (χ1n) is 7.75. The highest BCUT2D eigenvalue weighted by atomic mass is 19.4. The molecule has 0 spiro atoms. The van der Waals surface area contributed by atoms with Crippen molar-refractivity contribution in [1.82, 2.24) is 5.32 Å². The van der Waals surface area contributed by atoms with Gasteiger partial charge in [0.1, 0.15) is 17.7 Å². The summed E-state index contributed by atoms with van der Waals surface area (Å²) in [5, 5.41) is 2.20. The first-order valence-corrected chi connectivity index (χ1v) is 7.75. The predicted octanol–water partition coefficient (Wildman–Crippen LogP) is 2.74. The van der Waals surface area contributed by atoms with Gasteiger partial charge in [0.25, 0.3) is 0 Å². The molecular weight excluding hydrogens is 371 g/mol. The third kappa shape index (κ3) is 5.50. The van der Waals surface area contributed by atoms with Crippen LogP contribution >= 0.6 is 0 Å². The van der Waals surface area contributed by atoms with Gasteiger partial charge in [-0.1, -0.05) is 24.3 Å². The normalized spacial score (nSPS) is 12.5. The fraction of sp³-hybridized carbons (Fsp3) is 0.222. The summed E-state index contributed by atoms with van der Waals surface area (Å²) in [5.74, 6) is -3.75. The molecule has 144 valence electrons. The van der Waals surface area contributed by atoms with Crippen molar-refractivity contribution < 1.29 is 31.5 Å². The molecule has 2 aromatic rings. The largest absolute Gasteiger partial charge is 0.416 e. The highest BCUT2D eigenvalue weighted by molar-refractivity contribution is 5.87. The summed E-state index contributed by atoms with van der Waals surface area (Å²) in [6.45, 7) is 0. The Morgan fingerprint density at radius 1 is 1.04 bits per heavy atom. The molecule has 1 atom stereocenters. The zero-order valence-corrected chi connectivity index (χ0v) is 13.8. The molecule has 2 rings (SSSR count). The van der Waals surface area contributed by atoms with Crippen LogP contribution in [-0.4, -0.2) is 17.9 Å². The van der Waals surface area contributed by atoms with Crippen LogP contribution in [0.3, 0.4) is 0 Å². The summed E-state index contributed by atoms with van der Waals surface area (Å²) in [7, 11) is 0. The molecule has 0 bridgehead atoms. The number of hydrogen-bond acceptors (Lipinski definition) is 2. The molecule has 0 aromatic heterocycles. The lowest BCUT2D eigenvalue weighted by atomic mass is 10.0. The fourth-order valence-corrected chi connectivity index (χ4v) is 2.44. The quantitative estimate of drug-likeness (QED) is 0.750. The number of halogens is 5. The van der Waals surface area contributed by atoms with Crippen LogP contribution in [0.2, 0.25) is 0 Å². The lowest BCUT2D eigenvalue weighted by Gasteiger charge is -2.17. The summed E-state index contributed by atoms with van der Waals surface area (Å²) in [5.41, 5.74) is 3.90. The Labute approximate surface area is 151 Å². The molecule has 0 saturated heterocycles. The molecule has 0 heterocycles. The highest BCUT2D eigenvalue weighted by Gasteiger charge is 2.30. The van der Waals surface area contributed by atoms with Crippen LogP contribution in [0.25, 0.3) is 0 Å². The van der Waals surface area contributed by atoms with Crippen LogP contribution in [0.4, 0.5) is 22.0 Å². The number of carbonyl (C=O) groups is 2. The van der Waals surface area contributed by atoms with E-state index < -0.39 is 53.2 Å². The van der Waals surface area contributed by atoms with Crippen molar-refractivity contribution >= 4 is 11.8 Å². The van der Waals surface area contributed by atoms with Gasteiger partial charge in [-0.3, -0.25) is 9.59 Å². The molecule has 2 aromatic carbocycles. The average molecular weight is 386 g/mol. The number of hydrogen-bond donors (Lipinski definition) is 2. The minimum Gasteiger partial charge on any atom is -0.368 e. The average Bonchev–Trinajstić information content (AvgIpc) is 2.57. The maximum absolute atomic E-state index is 13.6. The second-order valence-corrected chi connectivity index (χ2v) is 5.80. The SMILES string of the molecule is NC(=O)[C@H](Cc1cccc(C(F)(F)F)c1)NC(=O)Cc1c(F)cccc1F. The number of alkyl halides is 3. The van der Waals surface area contributed by atoms with E-state index in [-0.39, 0.29) is 12.0 Å². The molecule has 0 radical (unpaired) electrons. The highest BCUT2D eigenvalue weighted by Crippen LogP contribution is 2.29. The Morgan fingerprint density at radius 2 is 1.63 bits per heavy atom. The number of benzene rings is 2. The van der Waals surface area contributed by atoms with Crippen LogP contribution in [-0.2, 0) is 28.6 Å². The van der Waals surface area contributed by atoms with Crippen LogP contribution in [0, 0.1) is 11.6 Å². The minimum absolute atomic E-state index is 0.117. The van der Waals surface area contributed by atoms with Crippen molar-refractivity contribution in [2.75, 3.05) is 0 Å². The topological polar surface area (TPSA) is 72.2 Å². The van der Waals surface area contributed by atoms with E-state index in [2.05, 4.69) is 5.32 Å². The third-order valence-electron chi connectivity index (χ3n) is 3.77. The molecule has 0 fully saturated rings. The zero-order chi connectivity index (χ0) is 20.2. The van der Waals surface area contributed by atoms with Gasteiger partial charge in [-0.25, -0.2) is 8.78 Å². The number of amides is 2. The van der Waals surface area contributed by atoms with Gasteiger partial charge >= 0.3 is 6.18 Å². The van der Waals surface area contributed by atoms with Crippen molar-refractivity contribution in [3.63, 3.8) is 0 Å². The number of carbonyl (C=O) groups excluding carboxylic acids is 2. The number of nitrogens with two attached hydrogens (primary N) is 1. The van der Waals surface area contributed by atoms with Gasteiger partial charge in [0.2, 0.25) is 11.8 Å². The summed E-state index contributed by atoms with van der Waals surface area (Å²) in [6.07, 6.45) is -5.56. The third-order valence-corrected chi connectivity index (χ3v) is 3.77. The van der Waals surface area contributed by atoms with Gasteiger partial charge in [0.05, 0.1) is 12.0 Å². The number of nitrogens with one attached hydrogen (secondary N) is 1. The van der Waals surface area contributed by atoms with Crippen LogP contribution < -0.4 is 11.1 Å². The van der Waals surface area contributed by atoms with E-state index in [0.29, 0.717) is 0 Å². The summed E-state index contributed by atoms with van der Waals surface area (Å²) < 4.78 is 65.5. The first kappa shape index (κ1) is 20.3. The van der Waals surface area contributed by atoms with E-state index in [0.717, 1.165) is 36.4 Å². The van der Waals surface area contributed by atoms with E-state index in [4.69, 9.17) is 5.73 Å². The van der Waals surface area contributed by atoms with Gasteiger partial charge < -0.3 is 11.1 Å². The van der Waals surface area contributed by atoms with Gasteiger partial charge in [-0.15, -0.1) is 0 Å². The second-order valence-electron chi connectivity index (χ2n) is 5.80. The summed E-state index contributed by atoms with van der Waals surface area (Å²) in [6, 6.07) is 5.93.